The number of nitrogens with one attached hydrogen (secondary N) is 1. The van der Waals surface area contributed by atoms with Gasteiger partial charge in [-0.3, -0.25) is 14.4 Å². The molecule has 1 heterocycles. The normalized spacial score (nSPS) is 17.4. The van der Waals surface area contributed by atoms with Gasteiger partial charge in [0.05, 0.1) is 21.8 Å². The lowest BCUT2D eigenvalue weighted by Crippen LogP contribution is -2.59. The van der Waals surface area contributed by atoms with E-state index in [9.17, 15) is 19.2 Å². The van der Waals surface area contributed by atoms with Crippen LogP contribution in [-0.2, 0) is 19.1 Å². The third-order valence-electron chi connectivity index (χ3n) is 8.10. The second kappa shape index (κ2) is 12.9. The molecule has 1 unspecified atom stereocenters. The van der Waals surface area contributed by atoms with Crippen LogP contribution in [0, 0.1) is 0 Å². The first-order valence-corrected chi connectivity index (χ1v) is 16.7. The second-order valence-corrected chi connectivity index (χ2v) is 13.0. The van der Waals surface area contributed by atoms with Crippen molar-refractivity contribution in [1.82, 2.24) is 5.32 Å². The van der Waals surface area contributed by atoms with Gasteiger partial charge >= 0.3 is 5.97 Å². The number of ether oxygens (including phenoxy) is 1. The third-order valence-corrected chi connectivity index (χ3v) is 10.9. The summed E-state index contributed by atoms with van der Waals surface area (Å²) in [7, 11) is 0. The molecule has 6 nitrogen and oxygen atoms in total. The summed E-state index contributed by atoms with van der Waals surface area (Å²) < 4.78 is 4.80. The van der Waals surface area contributed by atoms with Crippen molar-refractivity contribution in [3.05, 3.63) is 154 Å². The Morgan fingerprint density at radius 1 is 0.778 bits per heavy atom. The van der Waals surface area contributed by atoms with Crippen LogP contribution < -0.4 is 5.32 Å². The molecule has 1 aliphatic carbocycles. The molecule has 0 spiro atoms. The lowest BCUT2D eigenvalue weighted by atomic mass is 9.79. The summed E-state index contributed by atoms with van der Waals surface area (Å²) in [6.45, 7) is 1.73. The molecule has 0 bridgehead atoms. The Morgan fingerprint density at radius 2 is 1.27 bits per heavy atom. The van der Waals surface area contributed by atoms with E-state index < -0.39 is 27.9 Å². The van der Waals surface area contributed by atoms with Crippen LogP contribution in [0.2, 0.25) is 0 Å². The van der Waals surface area contributed by atoms with Crippen LogP contribution in [0.5, 0.6) is 0 Å². The summed E-state index contributed by atoms with van der Waals surface area (Å²) in [5, 5.41) is 2.88. The molecule has 226 valence electrons. The van der Waals surface area contributed by atoms with E-state index in [1.165, 1.54) is 0 Å². The summed E-state index contributed by atoms with van der Waals surface area (Å²) in [6.07, 6.45) is 0.0616. The maximum absolute atomic E-state index is 13.8. The molecule has 6 rings (SSSR count). The van der Waals surface area contributed by atoms with Crippen LogP contribution >= 0.6 is 23.5 Å². The van der Waals surface area contributed by atoms with E-state index in [1.807, 2.05) is 54.6 Å². The molecule has 0 aromatic heterocycles. The number of benzene rings is 4. The van der Waals surface area contributed by atoms with Crippen molar-refractivity contribution in [2.75, 3.05) is 18.1 Å². The summed E-state index contributed by atoms with van der Waals surface area (Å²) in [5.74, 6) is -1.51. The molecule has 1 aliphatic heterocycles. The van der Waals surface area contributed by atoms with Crippen molar-refractivity contribution in [2.45, 2.75) is 23.6 Å². The number of allylic oxidation sites excluding steroid dienone is 1. The molecule has 2 aliphatic rings. The number of esters is 1. The molecule has 1 atom stereocenters. The average Bonchev–Trinajstić information content (AvgIpc) is 3.47. The van der Waals surface area contributed by atoms with Gasteiger partial charge < -0.3 is 10.1 Å². The van der Waals surface area contributed by atoms with E-state index in [0.717, 1.165) is 28.5 Å². The van der Waals surface area contributed by atoms with Gasteiger partial charge in [0.2, 0.25) is 11.7 Å². The monoisotopic (exact) mass is 633 g/mol. The highest BCUT2D eigenvalue weighted by Crippen LogP contribution is 2.49. The van der Waals surface area contributed by atoms with E-state index in [2.05, 4.69) is 41.7 Å². The van der Waals surface area contributed by atoms with Crippen molar-refractivity contribution in [3.63, 3.8) is 0 Å². The van der Waals surface area contributed by atoms with Crippen molar-refractivity contribution in [1.29, 1.82) is 0 Å². The molecule has 8 heteroatoms. The quantitative estimate of drug-likeness (QED) is 0.156. The van der Waals surface area contributed by atoms with Gasteiger partial charge in [0, 0.05) is 29.1 Å². The molecule has 1 amide bonds. The Morgan fingerprint density at radius 3 is 1.78 bits per heavy atom. The van der Waals surface area contributed by atoms with E-state index in [-0.39, 0.29) is 40.6 Å². The number of carbonyl (C=O) groups is 4. The number of Topliss-reactive ketones (excluding diaryl/α,β-unsaturated/α-hetero) is 2. The summed E-state index contributed by atoms with van der Waals surface area (Å²) in [5.41, 5.74) is 1.99. The van der Waals surface area contributed by atoms with Crippen molar-refractivity contribution >= 4 is 47.0 Å². The number of rotatable bonds is 10. The van der Waals surface area contributed by atoms with Gasteiger partial charge in [-0.25, -0.2) is 4.79 Å². The van der Waals surface area contributed by atoms with Gasteiger partial charge in [0.1, 0.15) is 0 Å². The van der Waals surface area contributed by atoms with Gasteiger partial charge in [-0.1, -0.05) is 115 Å². The van der Waals surface area contributed by atoms with Gasteiger partial charge in [0.25, 0.3) is 0 Å². The maximum atomic E-state index is 13.8. The van der Waals surface area contributed by atoms with E-state index in [0.29, 0.717) is 11.3 Å². The standard InChI is InChI=1S/C37H31NO5S2/c1-2-43-35(42)36(24-44-34-31(36)32(40)28-20-12-13-21-29(28)33(34)41)38-30(39)22-23-45-37(25-14-6-3-7-15-25,26-16-8-4-9-17-26)27-18-10-5-11-19-27/h3-21H,2,22-24H2,1H3,(H,38,39). The van der Waals surface area contributed by atoms with Gasteiger partial charge in [-0.2, -0.15) is 0 Å². The van der Waals surface area contributed by atoms with Crippen LogP contribution in [0.25, 0.3) is 0 Å². The van der Waals surface area contributed by atoms with Gasteiger partial charge in [-0.05, 0) is 23.6 Å². The Labute approximate surface area is 270 Å². The fourth-order valence-corrected chi connectivity index (χ4v) is 8.91. The molecule has 1 N–H and O–H groups in total. The minimum atomic E-state index is -1.76. The average molecular weight is 634 g/mol. The Balaban J connectivity index is 1.31. The zero-order valence-electron chi connectivity index (χ0n) is 24.7. The van der Waals surface area contributed by atoms with Crippen molar-refractivity contribution in [3.8, 4) is 0 Å². The maximum Gasteiger partial charge on any atom is 0.337 e. The molecule has 0 saturated carbocycles. The topological polar surface area (TPSA) is 89.5 Å². The zero-order chi connectivity index (χ0) is 31.4. The first-order chi connectivity index (χ1) is 21.9. The number of carbonyl (C=O) groups excluding carboxylic acids is 4. The van der Waals surface area contributed by atoms with Gasteiger partial charge in [0.15, 0.2) is 11.3 Å². The van der Waals surface area contributed by atoms with Crippen LogP contribution in [0.4, 0.5) is 0 Å². The van der Waals surface area contributed by atoms with E-state index in [4.69, 9.17) is 4.74 Å². The second-order valence-electron chi connectivity index (χ2n) is 10.7. The molecule has 4 aromatic rings. The van der Waals surface area contributed by atoms with Crippen LogP contribution in [0.15, 0.2) is 126 Å². The molecule has 0 radical (unpaired) electrons. The summed E-state index contributed by atoms with van der Waals surface area (Å²) >= 11 is 2.74. The molecule has 0 fully saturated rings. The largest absolute Gasteiger partial charge is 0.464 e. The zero-order valence-corrected chi connectivity index (χ0v) is 26.3. The first-order valence-electron chi connectivity index (χ1n) is 14.8. The number of fused-ring (bicyclic) bond motifs is 1. The molecular formula is C37H31NO5S2. The molecular weight excluding hydrogens is 603 g/mol. The van der Waals surface area contributed by atoms with E-state index >= 15 is 0 Å². The van der Waals surface area contributed by atoms with Crippen LogP contribution in [-0.4, -0.2) is 47.1 Å². The molecule has 0 saturated heterocycles. The van der Waals surface area contributed by atoms with Gasteiger partial charge in [-0.15, -0.1) is 23.5 Å². The number of ketones is 2. The minimum absolute atomic E-state index is 0.00264. The van der Waals surface area contributed by atoms with Crippen molar-refractivity contribution < 1.29 is 23.9 Å². The lowest BCUT2D eigenvalue weighted by Gasteiger charge is -2.36. The Bertz CT molecular complexity index is 1690. The predicted molar refractivity (Wildman–Crippen MR) is 178 cm³/mol. The number of hydrogen-bond acceptors (Lipinski definition) is 7. The molecule has 45 heavy (non-hydrogen) atoms. The smallest absolute Gasteiger partial charge is 0.337 e. The van der Waals surface area contributed by atoms with Crippen LogP contribution in [0.1, 0.15) is 50.8 Å². The third kappa shape index (κ3) is 5.42. The highest BCUT2D eigenvalue weighted by molar-refractivity contribution is 8.04. The first kappa shape index (κ1) is 30.6. The number of amides is 1. The summed E-state index contributed by atoms with van der Waals surface area (Å²) in [6, 6.07) is 37.1. The number of thioether (sulfide) groups is 2. The van der Waals surface area contributed by atoms with Crippen LogP contribution in [0.3, 0.4) is 0 Å². The van der Waals surface area contributed by atoms with E-state index in [1.54, 1.807) is 43.0 Å². The molecule has 4 aromatic carbocycles. The number of hydrogen-bond donors (Lipinski definition) is 1. The fourth-order valence-electron chi connectivity index (χ4n) is 6.06. The Kier molecular flexibility index (Phi) is 8.79. The highest BCUT2D eigenvalue weighted by atomic mass is 32.2. The summed E-state index contributed by atoms with van der Waals surface area (Å²) in [4.78, 5) is 54.7. The Hall–Kier alpha value is -4.40. The highest BCUT2D eigenvalue weighted by Gasteiger charge is 2.56. The minimum Gasteiger partial charge on any atom is -0.464 e. The lowest BCUT2D eigenvalue weighted by molar-refractivity contribution is -0.150. The van der Waals surface area contributed by atoms with Crippen molar-refractivity contribution in [2.24, 2.45) is 0 Å². The predicted octanol–water partition coefficient (Wildman–Crippen LogP) is 6.60. The SMILES string of the molecule is CCOC(=O)C1(NC(=O)CCSC(c2ccccc2)(c2ccccc2)c2ccccc2)CSC2=C1C(=O)c1ccccc1C2=O. The fraction of sp³-hybridized carbons (Fsp3) is 0.189.